The Morgan fingerprint density at radius 1 is 1.58 bits per heavy atom. The Hall–Kier alpha value is -0.740. The first-order valence-electron chi connectivity index (χ1n) is 4.68. The highest BCUT2D eigenvalue weighted by Gasteiger charge is 2.06. The molecule has 0 fully saturated rings. The highest BCUT2D eigenvalue weighted by atomic mass is 14.1. The van der Waals surface area contributed by atoms with Crippen molar-refractivity contribution in [3.63, 3.8) is 0 Å². The molecule has 0 bridgehead atoms. The molecule has 0 heterocycles. The Morgan fingerprint density at radius 3 is 2.58 bits per heavy atom. The summed E-state index contributed by atoms with van der Waals surface area (Å²) in [5, 5.41) is 0. The van der Waals surface area contributed by atoms with Gasteiger partial charge in [-0.25, -0.2) is 0 Å². The second-order valence-electron chi connectivity index (χ2n) is 3.25. The van der Waals surface area contributed by atoms with Crippen LogP contribution in [0.25, 0.3) is 0 Å². The summed E-state index contributed by atoms with van der Waals surface area (Å²) in [6, 6.07) is 0. The molecule has 0 aliphatic rings. The Morgan fingerprint density at radius 2 is 2.17 bits per heavy atom. The van der Waals surface area contributed by atoms with Gasteiger partial charge in [0, 0.05) is 5.92 Å². The molecule has 0 aliphatic carbocycles. The highest BCUT2D eigenvalue weighted by Crippen LogP contribution is 2.20. The van der Waals surface area contributed by atoms with Gasteiger partial charge in [-0.05, 0) is 31.9 Å². The van der Waals surface area contributed by atoms with Gasteiger partial charge in [-0.1, -0.05) is 32.4 Å². The lowest BCUT2D eigenvalue weighted by atomic mass is 9.92. The number of hydrogen-bond acceptors (Lipinski definition) is 0. The van der Waals surface area contributed by atoms with Gasteiger partial charge >= 0.3 is 0 Å². The van der Waals surface area contributed by atoms with E-state index >= 15 is 0 Å². The van der Waals surface area contributed by atoms with Crippen LogP contribution in [0.2, 0.25) is 0 Å². The zero-order valence-corrected chi connectivity index (χ0v) is 8.78. The second kappa shape index (κ2) is 5.85. The summed E-state index contributed by atoms with van der Waals surface area (Å²) >= 11 is 0. The van der Waals surface area contributed by atoms with Gasteiger partial charge in [0.2, 0.25) is 0 Å². The van der Waals surface area contributed by atoms with E-state index in [2.05, 4.69) is 33.1 Å². The van der Waals surface area contributed by atoms with Crippen LogP contribution in [0.4, 0.5) is 0 Å². The van der Waals surface area contributed by atoms with Crippen molar-refractivity contribution < 1.29 is 0 Å². The van der Waals surface area contributed by atoms with Crippen LogP contribution in [0.3, 0.4) is 0 Å². The predicted molar refractivity (Wildman–Crippen MR) is 56.2 cm³/mol. The fourth-order valence-corrected chi connectivity index (χ4v) is 1.20. The van der Waals surface area contributed by atoms with Gasteiger partial charge in [0.1, 0.15) is 0 Å². The monoisotopic (exact) mass is 164 g/mol. The highest BCUT2D eigenvalue weighted by molar-refractivity contribution is 5.15. The number of hydrogen-bond donors (Lipinski definition) is 0. The lowest BCUT2D eigenvalue weighted by Crippen LogP contribution is -1.98. The summed E-state index contributed by atoms with van der Waals surface area (Å²) in [6.45, 7) is 12.6. The Bertz CT molecular complexity index is 202. The molecule has 0 saturated heterocycles. The quantitative estimate of drug-likeness (QED) is 0.433. The van der Waals surface area contributed by atoms with Crippen molar-refractivity contribution >= 4 is 0 Å². The van der Waals surface area contributed by atoms with Crippen LogP contribution in [0, 0.1) is 5.92 Å². The normalized spacial score (nSPS) is 11.7. The van der Waals surface area contributed by atoms with Crippen LogP contribution in [-0.2, 0) is 0 Å². The van der Waals surface area contributed by atoms with Crippen LogP contribution in [0.15, 0.2) is 29.5 Å². The van der Waals surface area contributed by atoms with Gasteiger partial charge in [-0.15, -0.1) is 5.73 Å². The molecule has 0 spiro atoms. The third kappa shape index (κ3) is 3.59. The molecule has 0 amide bonds. The number of rotatable bonds is 4. The summed E-state index contributed by atoms with van der Waals surface area (Å²) in [5.41, 5.74) is 5.83. The molecule has 0 heteroatoms. The van der Waals surface area contributed by atoms with E-state index in [0.717, 1.165) is 6.42 Å². The minimum atomic E-state index is 0.487. The molecule has 0 aromatic heterocycles. The maximum absolute atomic E-state index is 4.07. The molecule has 0 radical (unpaired) electrons. The second-order valence-corrected chi connectivity index (χ2v) is 3.25. The summed E-state index contributed by atoms with van der Waals surface area (Å²) in [7, 11) is 0. The van der Waals surface area contributed by atoms with Crippen molar-refractivity contribution in [1.82, 2.24) is 0 Å². The van der Waals surface area contributed by atoms with Gasteiger partial charge in [-0.3, -0.25) is 0 Å². The van der Waals surface area contributed by atoms with Crippen molar-refractivity contribution in [2.45, 2.75) is 40.5 Å². The lowest BCUT2D eigenvalue weighted by molar-refractivity contribution is 0.730. The van der Waals surface area contributed by atoms with Crippen LogP contribution in [0.1, 0.15) is 40.5 Å². The van der Waals surface area contributed by atoms with E-state index in [1.54, 1.807) is 0 Å². The minimum Gasteiger partial charge on any atom is -0.126 e. The molecule has 0 aliphatic heterocycles. The molecule has 1 atom stereocenters. The zero-order valence-electron chi connectivity index (χ0n) is 8.78. The fraction of sp³-hybridized carbons (Fsp3) is 0.583. The third-order valence-electron chi connectivity index (χ3n) is 2.21. The van der Waals surface area contributed by atoms with Crippen LogP contribution in [0.5, 0.6) is 0 Å². The van der Waals surface area contributed by atoms with E-state index < -0.39 is 0 Å². The van der Waals surface area contributed by atoms with Crippen molar-refractivity contribution in [1.29, 1.82) is 0 Å². The fourth-order valence-electron chi connectivity index (χ4n) is 1.20. The molecule has 0 N–H and O–H groups in total. The van der Waals surface area contributed by atoms with E-state index in [1.807, 2.05) is 13.0 Å². The average Bonchev–Trinajstić information content (AvgIpc) is 2.04. The van der Waals surface area contributed by atoms with Crippen LogP contribution < -0.4 is 0 Å². The first-order valence-corrected chi connectivity index (χ1v) is 4.68. The van der Waals surface area contributed by atoms with E-state index in [9.17, 15) is 0 Å². The van der Waals surface area contributed by atoms with Gasteiger partial charge in [-0.2, -0.15) is 0 Å². The van der Waals surface area contributed by atoms with Gasteiger partial charge in [0.15, 0.2) is 0 Å². The Labute approximate surface area is 76.7 Å². The van der Waals surface area contributed by atoms with Gasteiger partial charge < -0.3 is 0 Å². The topological polar surface area (TPSA) is 0 Å². The van der Waals surface area contributed by atoms with Crippen molar-refractivity contribution in [3.05, 3.63) is 29.5 Å². The van der Waals surface area contributed by atoms with Gasteiger partial charge in [0.05, 0.1) is 0 Å². The van der Waals surface area contributed by atoms with E-state index in [-0.39, 0.29) is 0 Å². The first kappa shape index (κ1) is 11.3. The maximum atomic E-state index is 4.07. The molecule has 0 saturated carbocycles. The minimum absolute atomic E-state index is 0.487. The summed E-state index contributed by atoms with van der Waals surface area (Å²) in [4.78, 5) is 0. The van der Waals surface area contributed by atoms with E-state index in [1.165, 1.54) is 17.6 Å². The predicted octanol–water partition coefficient (Wildman–Crippen LogP) is 4.10. The van der Waals surface area contributed by atoms with Crippen LogP contribution >= 0.6 is 0 Å². The van der Waals surface area contributed by atoms with Gasteiger partial charge in [0.25, 0.3) is 0 Å². The Kier molecular flexibility index (Phi) is 5.49. The number of allylic oxidation sites excluding steroid dienone is 2. The summed E-state index contributed by atoms with van der Waals surface area (Å²) in [6.07, 6.45) is 4.28. The molecule has 1 unspecified atom stereocenters. The molecular formula is C12H20. The van der Waals surface area contributed by atoms with Crippen LogP contribution in [-0.4, -0.2) is 0 Å². The van der Waals surface area contributed by atoms with Crippen molar-refractivity contribution in [2.24, 2.45) is 5.92 Å². The lowest BCUT2D eigenvalue weighted by Gasteiger charge is -2.12. The molecule has 12 heavy (non-hydrogen) atoms. The molecule has 0 rings (SSSR count). The molecule has 0 nitrogen and oxygen atoms in total. The first-order chi connectivity index (χ1) is 5.63. The third-order valence-corrected chi connectivity index (χ3v) is 2.21. The smallest absolute Gasteiger partial charge is 0.00489 e. The van der Waals surface area contributed by atoms with E-state index in [4.69, 9.17) is 0 Å². The largest absolute Gasteiger partial charge is 0.126 e. The summed E-state index contributed by atoms with van der Waals surface area (Å²) in [5.74, 6) is 0.487. The molecule has 68 valence electrons. The summed E-state index contributed by atoms with van der Waals surface area (Å²) < 4.78 is 0. The average molecular weight is 164 g/mol. The maximum Gasteiger partial charge on any atom is 0.00489 e. The standard InChI is InChI=1S/C12H20/c1-6-8-10(3)12(5)11(4)9-7-2/h7,12H,3,6,8H2,1-2,4-5H3. The van der Waals surface area contributed by atoms with Crippen molar-refractivity contribution in [2.75, 3.05) is 0 Å². The zero-order chi connectivity index (χ0) is 9.56. The Balaban J connectivity index is 4.29. The SMILES string of the molecule is C=C(CCC)C(C)C(C)=C=CC. The molecule has 0 aromatic carbocycles. The van der Waals surface area contributed by atoms with Crippen molar-refractivity contribution in [3.8, 4) is 0 Å². The molecule has 0 aromatic rings. The van der Waals surface area contributed by atoms with E-state index in [0.29, 0.717) is 5.92 Å². The molecular weight excluding hydrogens is 144 g/mol.